The molecule has 5 heteroatoms. The number of nitrogens with zero attached hydrogens (tertiary/aromatic N) is 2. The molecule has 2 rings (SSSR count). The number of rotatable bonds is 8. The number of allylic oxidation sites excluding steroid dienone is 1. The van der Waals surface area contributed by atoms with E-state index < -0.39 is 6.03 Å². The van der Waals surface area contributed by atoms with E-state index in [4.69, 9.17) is 5.73 Å². The highest BCUT2D eigenvalue weighted by Crippen LogP contribution is 2.27. The highest BCUT2D eigenvalue weighted by atomic mass is 16.2. The number of primary amides is 1. The van der Waals surface area contributed by atoms with Crippen LogP contribution in [-0.4, -0.2) is 40.8 Å². The molecular weight excluding hydrogens is 336 g/mol. The highest BCUT2D eigenvalue weighted by molar-refractivity contribution is 5.81. The lowest BCUT2D eigenvalue weighted by Gasteiger charge is -2.16. The maximum atomic E-state index is 10.8. The zero-order chi connectivity index (χ0) is 19.8. The first-order valence-corrected chi connectivity index (χ1v) is 9.17. The Hall–Kier alpha value is -2.95. The smallest absolute Gasteiger partial charge is 0.312 e. The molecule has 0 spiro atoms. The Morgan fingerprint density at radius 3 is 1.70 bits per heavy atom. The molecule has 3 N–H and O–H groups in total. The fourth-order valence-corrected chi connectivity index (χ4v) is 2.84. The molecule has 0 radical (unpaired) electrons. The summed E-state index contributed by atoms with van der Waals surface area (Å²) < 4.78 is 0. The van der Waals surface area contributed by atoms with Crippen LogP contribution in [-0.2, 0) is 0 Å². The van der Waals surface area contributed by atoms with Crippen LogP contribution in [0, 0.1) is 0 Å². The van der Waals surface area contributed by atoms with Gasteiger partial charge in [-0.2, -0.15) is 0 Å². The first-order chi connectivity index (χ1) is 12.9. The highest BCUT2D eigenvalue weighted by Gasteiger charge is 2.07. The number of anilines is 2. The number of unbranched alkanes of at least 4 members (excludes halogenated alkanes) is 1. The molecule has 0 aliphatic rings. The van der Waals surface area contributed by atoms with Crippen LogP contribution in [0.1, 0.15) is 24.0 Å². The normalized spacial score (nSPS) is 10.2. The Labute approximate surface area is 162 Å². The third-order valence-corrected chi connectivity index (χ3v) is 4.42. The van der Waals surface area contributed by atoms with E-state index in [-0.39, 0.29) is 0 Å². The van der Waals surface area contributed by atoms with E-state index in [1.54, 1.807) is 0 Å². The molecule has 144 valence electrons. The Morgan fingerprint density at radius 1 is 0.889 bits per heavy atom. The van der Waals surface area contributed by atoms with Gasteiger partial charge in [0.05, 0.1) is 0 Å². The number of carbonyl (C=O) groups excluding carboxylic acids is 1. The lowest BCUT2D eigenvalue weighted by Crippen LogP contribution is -2.29. The molecule has 0 aliphatic heterocycles. The van der Waals surface area contributed by atoms with Gasteiger partial charge < -0.3 is 20.9 Å². The molecule has 0 unspecified atom stereocenters. The average Bonchev–Trinajstić information content (AvgIpc) is 2.64. The van der Waals surface area contributed by atoms with Crippen LogP contribution in [0.15, 0.2) is 54.6 Å². The number of nitrogens with one attached hydrogen (secondary N) is 1. The van der Waals surface area contributed by atoms with Crippen molar-refractivity contribution < 1.29 is 4.79 Å². The van der Waals surface area contributed by atoms with Gasteiger partial charge in [-0.15, -0.1) is 0 Å². The van der Waals surface area contributed by atoms with Crippen molar-refractivity contribution in [1.82, 2.24) is 5.32 Å². The van der Waals surface area contributed by atoms with Crippen LogP contribution in [0.4, 0.5) is 16.2 Å². The van der Waals surface area contributed by atoms with Crippen molar-refractivity contribution in [2.24, 2.45) is 5.73 Å². The summed E-state index contributed by atoms with van der Waals surface area (Å²) in [6.45, 7) is 0.582. The quantitative estimate of drug-likeness (QED) is 0.700. The van der Waals surface area contributed by atoms with Gasteiger partial charge in [0.2, 0.25) is 0 Å². The molecule has 0 bridgehead atoms. The number of benzene rings is 2. The van der Waals surface area contributed by atoms with Crippen LogP contribution >= 0.6 is 0 Å². The molecular formula is C22H30N4O. The molecule has 2 aromatic rings. The van der Waals surface area contributed by atoms with Crippen molar-refractivity contribution in [3.8, 4) is 0 Å². The molecule has 0 fully saturated rings. The molecule has 0 saturated heterocycles. The van der Waals surface area contributed by atoms with Gasteiger partial charge in [0.15, 0.2) is 0 Å². The molecule has 2 aromatic carbocycles. The number of hydrogen-bond donors (Lipinski definition) is 2. The summed E-state index contributed by atoms with van der Waals surface area (Å²) in [6, 6.07) is 16.7. The summed E-state index contributed by atoms with van der Waals surface area (Å²) in [4.78, 5) is 15.0. The summed E-state index contributed by atoms with van der Waals surface area (Å²) >= 11 is 0. The van der Waals surface area contributed by atoms with Gasteiger partial charge in [-0.05, 0) is 53.8 Å². The van der Waals surface area contributed by atoms with Gasteiger partial charge in [0.25, 0.3) is 0 Å². The van der Waals surface area contributed by atoms with Crippen molar-refractivity contribution in [1.29, 1.82) is 0 Å². The van der Waals surface area contributed by atoms with Gasteiger partial charge in [0, 0.05) is 46.1 Å². The second-order valence-corrected chi connectivity index (χ2v) is 6.93. The Morgan fingerprint density at radius 2 is 1.33 bits per heavy atom. The molecule has 27 heavy (non-hydrogen) atoms. The topological polar surface area (TPSA) is 61.6 Å². The number of urea groups is 1. The summed E-state index contributed by atoms with van der Waals surface area (Å²) in [5.41, 5.74) is 11.0. The van der Waals surface area contributed by atoms with Gasteiger partial charge in [-0.3, -0.25) is 0 Å². The van der Waals surface area contributed by atoms with Crippen molar-refractivity contribution in [3.63, 3.8) is 0 Å². The predicted octanol–water partition coefficient (Wildman–Crippen LogP) is 3.70. The minimum Gasteiger partial charge on any atom is -0.378 e. The van der Waals surface area contributed by atoms with Crippen molar-refractivity contribution in [2.45, 2.75) is 12.8 Å². The van der Waals surface area contributed by atoms with E-state index in [9.17, 15) is 4.79 Å². The largest absolute Gasteiger partial charge is 0.378 e. The molecule has 2 amide bonds. The number of hydrogen-bond acceptors (Lipinski definition) is 3. The third-order valence-electron chi connectivity index (χ3n) is 4.42. The van der Waals surface area contributed by atoms with E-state index in [2.05, 4.69) is 69.7 Å². The molecule has 0 aromatic heterocycles. The van der Waals surface area contributed by atoms with Crippen molar-refractivity contribution in [2.75, 3.05) is 44.5 Å². The number of carbonyl (C=O) groups is 1. The number of amides is 2. The van der Waals surface area contributed by atoms with Crippen LogP contribution in [0.5, 0.6) is 0 Å². The maximum absolute atomic E-state index is 10.8. The fraction of sp³-hybridized carbons (Fsp3) is 0.318. The van der Waals surface area contributed by atoms with Gasteiger partial charge >= 0.3 is 6.03 Å². The minimum atomic E-state index is -0.474. The van der Waals surface area contributed by atoms with E-state index in [1.165, 1.54) is 28.1 Å². The summed E-state index contributed by atoms with van der Waals surface area (Å²) in [7, 11) is 8.16. The van der Waals surface area contributed by atoms with Crippen LogP contribution in [0.3, 0.4) is 0 Å². The van der Waals surface area contributed by atoms with E-state index in [0.717, 1.165) is 12.8 Å². The van der Waals surface area contributed by atoms with E-state index in [1.807, 2.05) is 28.2 Å². The maximum Gasteiger partial charge on any atom is 0.312 e. The summed E-state index contributed by atoms with van der Waals surface area (Å²) in [5.74, 6) is 0. The third kappa shape index (κ3) is 6.06. The average molecular weight is 367 g/mol. The SMILES string of the molecule is CN(C)c1ccc(C(=CCCCNC(N)=O)c2ccc(N(C)C)cc2)cc1. The van der Waals surface area contributed by atoms with Crippen LogP contribution in [0.25, 0.3) is 5.57 Å². The zero-order valence-corrected chi connectivity index (χ0v) is 16.7. The van der Waals surface area contributed by atoms with E-state index in [0.29, 0.717) is 6.54 Å². The van der Waals surface area contributed by atoms with Crippen LogP contribution < -0.4 is 20.9 Å². The molecule has 0 heterocycles. The molecule has 0 aliphatic carbocycles. The first-order valence-electron chi connectivity index (χ1n) is 9.17. The Bertz CT molecular complexity index is 708. The predicted molar refractivity (Wildman–Crippen MR) is 115 cm³/mol. The first kappa shape index (κ1) is 20.4. The van der Waals surface area contributed by atoms with Gasteiger partial charge in [0.1, 0.15) is 0 Å². The molecule has 0 saturated carbocycles. The lowest BCUT2D eigenvalue weighted by molar-refractivity contribution is 0.249. The fourth-order valence-electron chi connectivity index (χ4n) is 2.84. The van der Waals surface area contributed by atoms with E-state index >= 15 is 0 Å². The molecule has 5 nitrogen and oxygen atoms in total. The van der Waals surface area contributed by atoms with Gasteiger partial charge in [-0.25, -0.2) is 4.79 Å². The second kappa shape index (κ2) is 9.67. The molecule has 0 atom stereocenters. The second-order valence-electron chi connectivity index (χ2n) is 6.93. The Kier molecular flexibility index (Phi) is 7.29. The number of nitrogens with two attached hydrogens (primary N) is 1. The summed E-state index contributed by atoms with van der Waals surface area (Å²) in [5, 5.41) is 2.64. The van der Waals surface area contributed by atoms with Gasteiger partial charge in [-0.1, -0.05) is 30.3 Å². The van der Waals surface area contributed by atoms with Crippen LogP contribution in [0.2, 0.25) is 0 Å². The monoisotopic (exact) mass is 366 g/mol. The zero-order valence-electron chi connectivity index (χ0n) is 16.7. The van der Waals surface area contributed by atoms with Crippen molar-refractivity contribution in [3.05, 3.63) is 65.7 Å². The van der Waals surface area contributed by atoms with Crippen molar-refractivity contribution >= 4 is 23.0 Å². The Balaban J connectivity index is 2.25. The lowest BCUT2D eigenvalue weighted by atomic mass is 9.96. The minimum absolute atomic E-state index is 0.474. The summed E-state index contributed by atoms with van der Waals surface area (Å²) in [6.07, 6.45) is 3.94. The standard InChI is InChI=1S/C22H30N4O/c1-25(2)19-12-8-17(9-13-19)21(7-5-6-16-24-22(23)27)18-10-14-20(15-11-18)26(3)4/h7-15H,5-6,16H2,1-4H3,(H3,23,24,27).